The maximum absolute atomic E-state index is 13.2. The predicted molar refractivity (Wildman–Crippen MR) is 229 cm³/mol. The molecular formula is C44H43ClF3N7O5S. The summed E-state index contributed by atoms with van der Waals surface area (Å²) >= 11 is 8.25. The van der Waals surface area contributed by atoms with E-state index in [1.165, 1.54) is 12.3 Å². The van der Waals surface area contributed by atoms with Crippen molar-refractivity contribution < 1.29 is 37.3 Å². The van der Waals surface area contributed by atoms with Crippen molar-refractivity contribution in [1.82, 2.24) is 33.5 Å². The second-order valence-electron chi connectivity index (χ2n) is 15.1. The van der Waals surface area contributed by atoms with Gasteiger partial charge in [-0.2, -0.15) is 22.6 Å². The van der Waals surface area contributed by atoms with Crippen molar-refractivity contribution in [1.29, 1.82) is 0 Å². The van der Waals surface area contributed by atoms with Gasteiger partial charge in [-0.15, -0.1) is 0 Å². The maximum atomic E-state index is 13.2. The summed E-state index contributed by atoms with van der Waals surface area (Å²) in [4.78, 5) is 22.7. The van der Waals surface area contributed by atoms with E-state index in [4.69, 9.17) is 30.8 Å². The molecule has 7 aromatic rings. The lowest BCUT2D eigenvalue weighted by Crippen LogP contribution is -2.45. The van der Waals surface area contributed by atoms with Gasteiger partial charge in [-0.1, -0.05) is 54.1 Å². The number of benzene rings is 3. The molecule has 0 spiro atoms. The predicted octanol–water partition coefficient (Wildman–Crippen LogP) is 8.52. The van der Waals surface area contributed by atoms with Crippen LogP contribution in [0.25, 0.3) is 43.4 Å². The number of carboxylic acid groups (broad SMARTS) is 1. The Bertz CT molecular complexity index is 2690. The van der Waals surface area contributed by atoms with Crippen molar-refractivity contribution in [2.24, 2.45) is 7.05 Å². The molecule has 318 valence electrons. The van der Waals surface area contributed by atoms with Crippen molar-refractivity contribution in [3.05, 3.63) is 107 Å². The Morgan fingerprint density at radius 1 is 0.967 bits per heavy atom. The van der Waals surface area contributed by atoms with E-state index in [1.54, 1.807) is 30.5 Å². The van der Waals surface area contributed by atoms with E-state index in [-0.39, 0.29) is 24.6 Å². The van der Waals surface area contributed by atoms with E-state index in [1.807, 2.05) is 61.1 Å². The van der Waals surface area contributed by atoms with E-state index in [2.05, 4.69) is 26.3 Å². The highest BCUT2D eigenvalue weighted by molar-refractivity contribution is 7.13. The van der Waals surface area contributed by atoms with Crippen molar-refractivity contribution in [3.8, 4) is 39.8 Å². The van der Waals surface area contributed by atoms with Crippen LogP contribution in [0.3, 0.4) is 0 Å². The Morgan fingerprint density at radius 3 is 2.52 bits per heavy atom. The smallest absolute Gasteiger partial charge is 0.408 e. The van der Waals surface area contributed by atoms with E-state index >= 15 is 0 Å². The monoisotopic (exact) mass is 873 g/mol. The standard InChI is InChI=1S/C44H43ClF3N7O5S/c1-27-30(12-13-35(40(27)45)58-21-20-54-18-16-52(2)17-19-54)38-39-37(23-49-41(38)32-24-53(3)33-10-6-5-9-31(32)33)61-51-42(39)60-36(43(56)57)22-28-8-4-7-11-34(28)59-25-29-14-15-50-55(29)26-44(46,47)48/h4-15,23-24,36H,16-22,25-26H2,1-3H3,(H,56,57). The molecule has 0 amide bonds. The molecule has 0 aliphatic carbocycles. The van der Waals surface area contributed by atoms with Gasteiger partial charge in [-0.3, -0.25) is 14.6 Å². The number of hydrogen-bond donors (Lipinski definition) is 1. The summed E-state index contributed by atoms with van der Waals surface area (Å²) in [5, 5.41) is 16.3. The van der Waals surface area contributed by atoms with Crippen LogP contribution in [0.15, 0.2) is 85.3 Å². The normalized spacial score (nSPS) is 14.5. The van der Waals surface area contributed by atoms with Gasteiger partial charge in [0.1, 0.15) is 31.3 Å². The molecule has 1 atom stereocenters. The first kappa shape index (κ1) is 42.0. The number of pyridine rings is 1. The number of aromatic nitrogens is 5. The number of ether oxygens (including phenoxy) is 3. The van der Waals surface area contributed by atoms with Gasteiger partial charge in [0.25, 0.3) is 0 Å². The fourth-order valence-electron chi connectivity index (χ4n) is 7.66. The summed E-state index contributed by atoms with van der Waals surface area (Å²) in [6.07, 6.45) is -1.05. The molecule has 0 bridgehead atoms. The van der Waals surface area contributed by atoms with Crippen LogP contribution in [0.5, 0.6) is 17.4 Å². The maximum Gasteiger partial charge on any atom is 0.408 e. The van der Waals surface area contributed by atoms with Crippen molar-refractivity contribution in [2.45, 2.75) is 38.8 Å². The van der Waals surface area contributed by atoms with Gasteiger partial charge in [-0.25, -0.2) is 4.79 Å². The van der Waals surface area contributed by atoms with Crippen molar-refractivity contribution in [3.63, 3.8) is 0 Å². The summed E-state index contributed by atoms with van der Waals surface area (Å²) < 4.78 is 66.2. The Kier molecular flexibility index (Phi) is 12.2. The molecule has 1 fully saturated rings. The van der Waals surface area contributed by atoms with Crippen LogP contribution in [0.2, 0.25) is 5.02 Å². The second-order valence-corrected chi connectivity index (χ2v) is 16.2. The van der Waals surface area contributed by atoms with E-state index in [9.17, 15) is 23.1 Å². The van der Waals surface area contributed by atoms with Crippen molar-refractivity contribution in [2.75, 3.05) is 46.4 Å². The highest BCUT2D eigenvalue weighted by atomic mass is 35.5. The van der Waals surface area contributed by atoms with Crippen LogP contribution in [0.1, 0.15) is 16.8 Å². The number of carbonyl (C=O) groups is 1. The second kappa shape index (κ2) is 17.7. The van der Waals surface area contributed by atoms with Crippen LogP contribution in [-0.2, 0) is 31.4 Å². The van der Waals surface area contributed by atoms with Crippen LogP contribution in [-0.4, -0.2) is 103 Å². The summed E-state index contributed by atoms with van der Waals surface area (Å²) in [5.74, 6) is -0.301. The first-order valence-corrected chi connectivity index (χ1v) is 20.8. The summed E-state index contributed by atoms with van der Waals surface area (Å²) in [5.41, 5.74) is 5.32. The Morgan fingerprint density at radius 2 is 1.74 bits per heavy atom. The molecule has 5 heterocycles. The van der Waals surface area contributed by atoms with E-state index < -0.39 is 24.8 Å². The number of aryl methyl sites for hydroxylation is 1. The minimum absolute atomic E-state index is 0.101. The molecule has 8 rings (SSSR count). The first-order valence-electron chi connectivity index (χ1n) is 19.7. The van der Waals surface area contributed by atoms with Crippen molar-refractivity contribution >= 4 is 50.1 Å². The molecule has 1 N–H and O–H groups in total. The minimum atomic E-state index is -4.47. The minimum Gasteiger partial charge on any atom is -0.491 e. The number of likely N-dealkylation sites (N-methyl/N-ethyl adjacent to an activating group) is 1. The Hall–Kier alpha value is -5.68. The third kappa shape index (κ3) is 9.17. The highest BCUT2D eigenvalue weighted by Crippen LogP contribution is 2.47. The third-order valence-corrected chi connectivity index (χ3v) is 12.2. The average molecular weight is 874 g/mol. The summed E-state index contributed by atoms with van der Waals surface area (Å²) in [6.45, 7) is 5.65. The van der Waals surface area contributed by atoms with Crippen LogP contribution in [0.4, 0.5) is 13.2 Å². The lowest BCUT2D eigenvalue weighted by molar-refractivity contribution is -0.145. The highest BCUT2D eigenvalue weighted by Gasteiger charge is 2.31. The summed E-state index contributed by atoms with van der Waals surface area (Å²) in [6, 6.07) is 20.0. The molecular weight excluding hydrogens is 831 g/mol. The third-order valence-electron chi connectivity index (χ3n) is 10.9. The largest absolute Gasteiger partial charge is 0.491 e. The fourth-order valence-corrected chi connectivity index (χ4v) is 8.58. The lowest BCUT2D eigenvalue weighted by atomic mass is 9.93. The van der Waals surface area contributed by atoms with E-state index in [0.717, 1.165) is 76.5 Å². The molecule has 0 radical (unpaired) electrons. The quantitative estimate of drug-likeness (QED) is 0.107. The van der Waals surface area contributed by atoms with Gasteiger partial charge in [-0.05, 0) is 66.5 Å². The zero-order valence-corrected chi connectivity index (χ0v) is 35.2. The first-order chi connectivity index (χ1) is 29.3. The van der Waals surface area contributed by atoms with Gasteiger partial charge < -0.3 is 28.8 Å². The molecule has 0 saturated carbocycles. The number of nitrogens with zero attached hydrogens (tertiary/aromatic N) is 7. The van der Waals surface area contributed by atoms with Gasteiger partial charge in [0.15, 0.2) is 0 Å². The molecule has 1 unspecified atom stereocenters. The molecule has 17 heteroatoms. The number of alkyl halides is 3. The number of aliphatic carboxylic acids is 1. The Balaban J connectivity index is 1.14. The zero-order valence-electron chi connectivity index (χ0n) is 33.7. The number of halogens is 4. The molecule has 1 saturated heterocycles. The molecule has 1 aliphatic rings. The van der Waals surface area contributed by atoms with Gasteiger partial charge in [0, 0.05) is 86.8 Å². The van der Waals surface area contributed by atoms with Crippen LogP contribution >= 0.6 is 23.1 Å². The molecule has 4 aromatic heterocycles. The zero-order chi connectivity index (χ0) is 42.8. The number of hydrogen-bond acceptors (Lipinski definition) is 10. The number of carboxylic acids is 1. The number of para-hydroxylation sites is 2. The van der Waals surface area contributed by atoms with Crippen LogP contribution < -0.4 is 14.2 Å². The molecule has 1 aliphatic heterocycles. The SMILES string of the molecule is Cc1c(-c2c(-c3cn(C)c4ccccc34)ncc3snc(OC(Cc4ccccc4OCc4ccnn4CC(F)(F)F)C(=O)O)c23)ccc(OCCN2CCN(C)CC2)c1Cl. The van der Waals surface area contributed by atoms with E-state index in [0.29, 0.717) is 50.0 Å². The molecule has 3 aromatic carbocycles. The lowest BCUT2D eigenvalue weighted by Gasteiger charge is -2.32. The van der Waals surface area contributed by atoms with Gasteiger partial charge in [0.2, 0.25) is 12.0 Å². The van der Waals surface area contributed by atoms with Gasteiger partial charge in [0.05, 0.1) is 26.5 Å². The van der Waals surface area contributed by atoms with Gasteiger partial charge >= 0.3 is 12.1 Å². The Labute approximate surface area is 358 Å². The number of fused-ring (bicyclic) bond motifs is 2. The van der Waals surface area contributed by atoms with Crippen LogP contribution in [0, 0.1) is 6.92 Å². The number of piperazine rings is 1. The number of rotatable bonds is 15. The average Bonchev–Trinajstić information content (AvgIpc) is 3.95. The molecule has 61 heavy (non-hydrogen) atoms. The fraction of sp³-hybridized carbons (Fsp3) is 0.318. The molecule has 12 nitrogen and oxygen atoms in total. The summed E-state index contributed by atoms with van der Waals surface area (Å²) in [7, 11) is 4.09. The topological polar surface area (TPSA) is 120 Å².